The van der Waals surface area contributed by atoms with Crippen LogP contribution in [0.3, 0.4) is 0 Å². The van der Waals surface area contributed by atoms with Crippen LogP contribution in [-0.2, 0) is 0 Å². The smallest absolute Gasteiger partial charge is 0.0184 e. The Hall–Kier alpha value is -2.86. The van der Waals surface area contributed by atoms with E-state index in [1.54, 1.807) is 0 Å². The lowest BCUT2D eigenvalue weighted by atomic mass is 10.0. The van der Waals surface area contributed by atoms with Crippen molar-refractivity contribution in [1.29, 1.82) is 0 Å². The van der Waals surface area contributed by atoms with E-state index >= 15 is 0 Å². The highest BCUT2D eigenvalue weighted by Gasteiger charge is 1.95. The predicted octanol–water partition coefficient (Wildman–Crippen LogP) is 8.97. The van der Waals surface area contributed by atoms with Gasteiger partial charge in [-0.05, 0) is 52.2 Å². The molecule has 0 saturated carbocycles. The van der Waals surface area contributed by atoms with Crippen LogP contribution in [0.25, 0.3) is 5.57 Å². The molecule has 2 rings (SSSR count). The van der Waals surface area contributed by atoms with Gasteiger partial charge < -0.3 is 0 Å². The van der Waals surface area contributed by atoms with E-state index in [-0.39, 0.29) is 0 Å². The van der Waals surface area contributed by atoms with Gasteiger partial charge in [0.05, 0.1) is 0 Å². The highest BCUT2D eigenvalue weighted by atomic mass is 14.0. The molecule has 0 unspecified atom stereocenters. The number of hydrogen-bond acceptors (Lipinski definition) is 0. The molecule has 0 heterocycles. The summed E-state index contributed by atoms with van der Waals surface area (Å²) >= 11 is 0. The van der Waals surface area contributed by atoms with E-state index in [1.165, 1.54) is 33.4 Å². The highest BCUT2D eigenvalue weighted by Crippen LogP contribution is 2.16. The second-order valence-electron chi connectivity index (χ2n) is 6.94. The van der Waals surface area contributed by atoms with Crippen molar-refractivity contribution in [2.45, 2.75) is 48.0 Å². The first-order valence-corrected chi connectivity index (χ1v) is 10.2. The average Bonchev–Trinajstić information content (AvgIpc) is 2.72. The molecule has 0 amide bonds. The van der Waals surface area contributed by atoms with Crippen molar-refractivity contribution in [3.8, 4) is 0 Å². The molecule has 2 aromatic rings. The molecule has 2 aromatic carbocycles. The topological polar surface area (TPSA) is 0 Å². The molecule has 0 saturated heterocycles. The molecule has 0 aliphatic carbocycles. The molecule has 0 fully saturated rings. The Bertz CT molecular complexity index is 773. The first-order chi connectivity index (χ1) is 13.9. The second kappa shape index (κ2) is 16.1. The fourth-order valence-electron chi connectivity index (χ4n) is 2.34. The summed E-state index contributed by atoms with van der Waals surface area (Å²) in [6.45, 7) is 19.8. The van der Waals surface area contributed by atoms with E-state index in [1.807, 2.05) is 31.2 Å². The zero-order valence-electron chi connectivity index (χ0n) is 19.2. The highest BCUT2D eigenvalue weighted by molar-refractivity contribution is 5.75. The Morgan fingerprint density at radius 1 is 0.828 bits per heavy atom. The number of rotatable bonds is 5. The Kier molecular flexibility index (Phi) is 14.5. The first kappa shape index (κ1) is 26.1. The SMILES string of the molecule is C=C/C(C)=C\CC.C=C/C=C(\C=C/C)c1ccc(C)cc1.Cc1ccc(C)cc1. The van der Waals surface area contributed by atoms with Crippen LogP contribution in [0.4, 0.5) is 0 Å². The van der Waals surface area contributed by atoms with Crippen LogP contribution < -0.4 is 0 Å². The van der Waals surface area contributed by atoms with Gasteiger partial charge in [-0.25, -0.2) is 0 Å². The number of aryl methyl sites for hydroxylation is 3. The van der Waals surface area contributed by atoms with Crippen LogP contribution in [0.1, 0.15) is 49.4 Å². The number of hydrogen-bond donors (Lipinski definition) is 0. The second-order valence-corrected chi connectivity index (χ2v) is 6.94. The van der Waals surface area contributed by atoms with Gasteiger partial charge in [0.2, 0.25) is 0 Å². The molecule has 0 spiro atoms. The van der Waals surface area contributed by atoms with Gasteiger partial charge in [-0.2, -0.15) is 0 Å². The molecule has 154 valence electrons. The van der Waals surface area contributed by atoms with Gasteiger partial charge in [0.1, 0.15) is 0 Å². The molecule has 0 N–H and O–H groups in total. The van der Waals surface area contributed by atoms with Gasteiger partial charge in [-0.15, -0.1) is 0 Å². The summed E-state index contributed by atoms with van der Waals surface area (Å²) < 4.78 is 0. The maximum atomic E-state index is 3.72. The molecule has 0 radical (unpaired) electrons. The van der Waals surface area contributed by atoms with Crippen molar-refractivity contribution < 1.29 is 0 Å². The van der Waals surface area contributed by atoms with Gasteiger partial charge in [-0.1, -0.05) is 127 Å². The van der Waals surface area contributed by atoms with Crippen molar-refractivity contribution in [2.24, 2.45) is 0 Å². The number of benzene rings is 2. The van der Waals surface area contributed by atoms with E-state index in [4.69, 9.17) is 0 Å². The fraction of sp³-hybridized carbons (Fsp3) is 0.241. The van der Waals surface area contributed by atoms with Crippen LogP contribution in [0.2, 0.25) is 0 Å². The molecule has 0 bridgehead atoms. The predicted molar refractivity (Wildman–Crippen MR) is 134 cm³/mol. The summed E-state index contributed by atoms with van der Waals surface area (Å²) in [6.07, 6.45) is 13.1. The van der Waals surface area contributed by atoms with Gasteiger partial charge in [0.15, 0.2) is 0 Å². The molecule has 0 nitrogen and oxygen atoms in total. The summed E-state index contributed by atoms with van der Waals surface area (Å²) in [5.41, 5.74) is 7.64. The minimum atomic E-state index is 1.11. The van der Waals surface area contributed by atoms with E-state index in [2.05, 4.69) is 108 Å². The van der Waals surface area contributed by atoms with Gasteiger partial charge in [-0.3, -0.25) is 0 Å². The maximum absolute atomic E-state index is 3.72. The molecule has 0 atom stereocenters. The fourth-order valence-corrected chi connectivity index (χ4v) is 2.34. The first-order valence-electron chi connectivity index (χ1n) is 10.2. The monoisotopic (exact) mass is 386 g/mol. The summed E-state index contributed by atoms with van der Waals surface area (Å²) in [4.78, 5) is 0. The summed E-state index contributed by atoms with van der Waals surface area (Å²) in [5, 5.41) is 0. The van der Waals surface area contributed by atoms with E-state index in [0.29, 0.717) is 0 Å². The van der Waals surface area contributed by atoms with E-state index in [9.17, 15) is 0 Å². The molecule has 29 heavy (non-hydrogen) atoms. The molecule has 0 aromatic heterocycles. The molecule has 0 heteroatoms. The average molecular weight is 387 g/mol. The van der Waals surface area contributed by atoms with Crippen LogP contribution in [-0.4, -0.2) is 0 Å². The third kappa shape index (κ3) is 13.0. The van der Waals surface area contributed by atoms with Gasteiger partial charge >= 0.3 is 0 Å². The lowest BCUT2D eigenvalue weighted by Gasteiger charge is -2.02. The zero-order chi connectivity index (χ0) is 22.1. The molecular weight excluding hydrogens is 348 g/mol. The van der Waals surface area contributed by atoms with Gasteiger partial charge in [0.25, 0.3) is 0 Å². The summed E-state index contributed by atoms with van der Waals surface area (Å²) in [7, 11) is 0. The minimum absolute atomic E-state index is 1.11. The van der Waals surface area contributed by atoms with Crippen molar-refractivity contribution in [1.82, 2.24) is 0 Å². The third-order valence-electron chi connectivity index (χ3n) is 4.09. The summed E-state index contributed by atoms with van der Waals surface area (Å²) in [5.74, 6) is 0. The van der Waals surface area contributed by atoms with Crippen molar-refractivity contribution in [3.05, 3.63) is 126 Å². The van der Waals surface area contributed by atoms with Crippen LogP contribution in [0.5, 0.6) is 0 Å². The molecular formula is C29H38. The van der Waals surface area contributed by atoms with E-state index in [0.717, 1.165) is 6.42 Å². The zero-order valence-corrected chi connectivity index (χ0v) is 19.2. The van der Waals surface area contributed by atoms with Crippen molar-refractivity contribution in [3.63, 3.8) is 0 Å². The standard InChI is InChI=1S/C14H16.C8H10.C7H12/c1-4-6-13(7-5-2)14-10-8-12(3)9-11-14;1-7-3-5-8(2)6-4-7;1-4-6-7(3)5-2/h4-11H,1H2,2-3H3;3-6H,1-2H3;5-6H,2,4H2,1,3H3/b7-5-,13-6+;;7-6-. The van der Waals surface area contributed by atoms with Crippen LogP contribution in [0.15, 0.2) is 104 Å². The van der Waals surface area contributed by atoms with E-state index < -0.39 is 0 Å². The van der Waals surface area contributed by atoms with Gasteiger partial charge in [0, 0.05) is 0 Å². The number of allylic oxidation sites excluding steroid dienone is 8. The van der Waals surface area contributed by atoms with Crippen molar-refractivity contribution in [2.75, 3.05) is 0 Å². The third-order valence-corrected chi connectivity index (χ3v) is 4.09. The summed E-state index contributed by atoms with van der Waals surface area (Å²) in [6, 6.07) is 17.0. The largest absolute Gasteiger partial charge is 0.0990 e. The lowest BCUT2D eigenvalue weighted by molar-refractivity contribution is 1.20. The molecule has 0 aliphatic heterocycles. The maximum Gasteiger partial charge on any atom is -0.0184 e. The Balaban J connectivity index is 0.000000444. The van der Waals surface area contributed by atoms with Crippen molar-refractivity contribution >= 4 is 5.57 Å². The Morgan fingerprint density at radius 3 is 1.59 bits per heavy atom. The minimum Gasteiger partial charge on any atom is -0.0990 e. The Morgan fingerprint density at radius 2 is 1.28 bits per heavy atom. The molecule has 0 aliphatic rings. The van der Waals surface area contributed by atoms with Crippen LogP contribution >= 0.6 is 0 Å². The lowest BCUT2D eigenvalue weighted by Crippen LogP contribution is -1.80. The Labute approximate surface area is 179 Å². The quantitative estimate of drug-likeness (QED) is 0.450. The van der Waals surface area contributed by atoms with Crippen LogP contribution in [0, 0.1) is 20.8 Å². The normalized spacial score (nSPS) is 11.1.